The largest absolute Gasteiger partial charge is 0.373 e. The molecular formula is C17H18INO. The van der Waals surface area contributed by atoms with Crippen LogP contribution >= 0.6 is 22.6 Å². The molecule has 2 atom stereocenters. The summed E-state index contributed by atoms with van der Waals surface area (Å²) in [6.07, 6.45) is 1.95. The average molecular weight is 379 g/mol. The van der Waals surface area contributed by atoms with Crippen LogP contribution in [-0.2, 0) is 11.2 Å². The van der Waals surface area contributed by atoms with E-state index in [-0.39, 0.29) is 12.1 Å². The van der Waals surface area contributed by atoms with E-state index in [0.29, 0.717) is 0 Å². The van der Waals surface area contributed by atoms with Gasteiger partial charge in [-0.25, -0.2) is 0 Å². The summed E-state index contributed by atoms with van der Waals surface area (Å²) in [5, 5.41) is 0. The summed E-state index contributed by atoms with van der Waals surface area (Å²) >= 11 is 2.35. The maximum absolute atomic E-state index is 6.40. The number of benzene rings is 2. The Morgan fingerprint density at radius 3 is 2.75 bits per heavy atom. The molecule has 0 bridgehead atoms. The molecular weight excluding hydrogens is 361 g/mol. The minimum absolute atomic E-state index is 0.0132. The van der Waals surface area contributed by atoms with Gasteiger partial charge in [0.15, 0.2) is 0 Å². The second-order valence-corrected chi connectivity index (χ2v) is 6.33. The molecule has 2 aromatic carbocycles. The number of hydrogen-bond acceptors (Lipinski definition) is 2. The molecule has 2 unspecified atom stereocenters. The molecule has 0 radical (unpaired) electrons. The Kier molecular flexibility index (Phi) is 4.38. The van der Waals surface area contributed by atoms with Crippen LogP contribution in [-0.4, -0.2) is 6.61 Å². The molecule has 2 N–H and O–H groups in total. The molecule has 3 heteroatoms. The van der Waals surface area contributed by atoms with Crippen LogP contribution in [0.2, 0.25) is 0 Å². The fraction of sp³-hybridized carbons (Fsp3) is 0.294. The van der Waals surface area contributed by atoms with Crippen LogP contribution in [0.4, 0.5) is 0 Å². The highest BCUT2D eigenvalue weighted by Gasteiger charge is 2.23. The zero-order valence-electron chi connectivity index (χ0n) is 11.3. The number of nitrogens with two attached hydrogens (primary N) is 1. The monoisotopic (exact) mass is 379 g/mol. The number of ether oxygens (including phenoxy) is 1. The van der Waals surface area contributed by atoms with Crippen molar-refractivity contribution in [2.45, 2.75) is 25.0 Å². The predicted molar refractivity (Wildman–Crippen MR) is 89.5 cm³/mol. The third-order valence-electron chi connectivity index (χ3n) is 3.87. The van der Waals surface area contributed by atoms with E-state index < -0.39 is 0 Å². The lowest BCUT2D eigenvalue weighted by Crippen LogP contribution is -2.22. The van der Waals surface area contributed by atoms with Crippen LogP contribution in [0, 0.1) is 3.57 Å². The zero-order valence-corrected chi connectivity index (χ0v) is 13.4. The van der Waals surface area contributed by atoms with Crippen LogP contribution < -0.4 is 5.73 Å². The molecule has 0 amide bonds. The van der Waals surface area contributed by atoms with Crippen LogP contribution in [0.3, 0.4) is 0 Å². The SMILES string of the molecule is NC(CC1OCCc2ccccc21)c1ccccc1I. The first-order valence-corrected chi connectivity index (χ1v) is 8.03. The summed E-state index contributed by atoms with van der Waals surface area (Å²) in [5.74, 6) is 0. The van der Waals surface area contributed by atoms with Gasteiger partial charge in [0.25, 0.3) is 0 Å². The van der Waals surface area contributed by atoms with E-state index in [0.717, 1.165) is 19.4 Å². The van der Waals surface area contributed by atoms with E-state index in [1.807, 2.05) is 12.1 Å². The number of hydrogen-bond donors (Lipinski definition) is 1. The molecule has 0 saturated carbocycles. The molecule has 0 aliphatic carbocycles. The molecule has 1 aliphatic heterocycles. The van der Waals surface area contributed by atoms with Crippen molar-refractivity contribution in [1.29, 1.82) is 0 Å². The Bertz CT molecular complexity index is 599. The van der Waals surface area contributed by atoms with Crippen molar-refractivity contribution >= 4 is 22.6 Å². The minimum Gasteiger partial charge on any atom is -0.373 e. The Balaban J connectivity index is 1.81. The van der Waals surface area contributed by atoms with E-state index in [1.54, 1.807) is 0 Å². The molecule has 0 fully saturated rings. The van der Waals surface area contributed by atoms with Crippen molar-refractivity contribution in [1.82, 2.24) is 0 Å². The highest BCUT2D eigenvalue weighted by atomic mass is 127. The van der Waals surface area contributed by atoms with Gasteiger partial charge < -0.3 is 10.5 Å². The Labute approximate surface area is 133 Å². The second-order valence-electron chi connectivity index (χ2n) is 5.17. The number of halogens is 1. The van der Waals surface area contributed by atoms with Gasteiger partial charge in [-0.15, -0.1) is 0 Å². The molecule has 0 spiro atoms. The Morgan fingerprint density at radius 2 is 1.90 bits per heavy atom. The molecule has 1 aliphatic rings. The Hall–Kier alpha value is -0.910. The van der Waals surface area contributed by atoms with Gasteiger partial charge in [0, 0.05) is 9.61 Å². The lowest BCUT2D eigenvalue weighted by atomic mass is 9.92. The van der Waals surface area contributed by atoms with Crippen LogP contribution in [0.1, 0.15) is 35.3 Å². The maximum atomic E-state index is 6.40. The van der Waals surface area contributed by atoms with Crippen LogP contribution in [0.15, 0.2) is 48.5 Å². The minimum atomic E-state index is 0.0132. The van der Waals surface area contributed by atoms with Crippen LogP contribution in [0.25, 0.3) is 0 Å². The van der Waals surface area contributed by atoms with E-state index in [1.165, 1.54) is 20.3 Å². The van der Waals surface area contributed by atoms with Crippen molar-refractivity contribution < 1.29 is 4.74 Å². The van der Waals surface area contributed by atoms with Gasteiger partial charge >= 0.3 is 0 Å². The fourth-order valence-electron chi connectivity index (χ4n) is 2.81. The first kappa shape index (κ1) is 14.0. The summed E-state index contributed by atoms with van der Waals surface area (Å²) in [7, 11) is 0. The van der Waals surface area contributed by atoms with Crippen molar-refractivity contribution in [2.75, 3.05) is 6.61 Å². The van der Waals surface area contributed by atoms with Gasteiger partial charge in [0.05, 0.1) is 12.7 Å². The molecule has 2 aromatic rings. The first-order valence-electron chi connectivity index (χ1n) is 6.95. The molecule has 0 aromatic heterocycles. The smallest absolute Gasteiger partial charge is 0.0845 e. The van der Waals surface area contributed by atoms with Gasteiger partial charge in [0.2, 0.25) is 0 Å². The van der Waals surface area contributed by atoms with Crippen LogP contribution in [0.5, 0.6) is 0 Å². The van der Waals surface area contributed by atoms with Crippen molar-refractivity contribution in [2.24, 2.45) is 5.73 Å². The lowest BCUT2D eigenvalue weighted by Gasteiger charge is -2.28. The normalized spacial score (nSPS) is 19.4. The van der Waals surface area contributed by atoms with Gasteiger partial charge in [0.1, 0.15) is 0 Å². The molecule has 0 saturated heterocycles. The van der Waals surface area contributed by atoms with Gasteiger partial charge in [-0.3, -0.25) is 0 Å². The van der Waals surface area contributed by atoms with Gasteiger partial charge in [-0.1, -0.05) is 42.5 Å². The first-order chi connectivity index (χ1) is 9.75. The van der Waals surface area contributed by atoms with E-state index in [2.05, 4.69) is 59.0 Å². The number of rotatable bonds is 3. The Morgan fingerprint density at radius 1 is 1.15 bits per heavy atom. The quantitative estimate of drug-likeness (QED) is 0.819. The maximum Gasteiger partial charge on any atom is 0.0845 e. The number of fused-ring (bicyclic) bond motifs is 1. The second kappa shape index (κ2) is 6.24. The molecule has 1 heterocycles. The van der Waals surface area contributed by atoms with Gasteiger partial charge in [-0.2, -0.15) is 0 Å². The molecule has 3 rings (SSSR count). The van der Waals surface area contributed by atoms with Crippen molar-refractivity contribution in [3.8, 4) is 0 Å². The van der Waals surface area contributed by atoms with Crippen molar-refractivity contribution in [3.63, 3.8) is 0 Å². The standard InChI is InChI=1S/C17H18INO/c18-15-8-4-3-7-14(15)16(19)11-17-13-6-2-1-5-12(13)9-10-20-17/h1-8,16-17H,9-11,19H2. The summed E-state index contributed by atoms with van der Waals surface area (Å²) in [5.41, 5.74) is 10.3. The third kappa shape index (κ3) is 2.90. The molecule has 20 heavy (non-hydrogen) atoms. The van der Waals surface area contributed by atoms with E-state index in [4.69, 9.17) is 10.5 Å². The third-order valence-corrected chi connectivity index (χ3v) is 4.85. The lowest BCUT2D eigenvalue weighted by molar-refractivity contribution is 0.0319. The molecule has 2 nitrogen and oxygen atoms in total. The molecule has 104 valence electrons. The topological polar surface area (TPSA) is 35.2 Å². The highest BCUT2D eigenvalue weighted by Crippen LogP contribution is 2.34. The summed E-state index contributed by atoms with van der Waals surface area (Å²) < 4.78 is 7.18. The fourth-order valence-corrected chi connectivity index (χ4v) is 3.59. The zero-order chi connectivity index (χ0) is 13.9. The predicted octanol–water partition coefficient (Wildman–Crippen LogP) is 4.00. The summed E-state index contributed by atoms with van der Waals surface area (Å²) in [4.78, 5) is 0. The summed E-state index contributed by atoms with van der Waals surface area (Å²) in [6, 6.07) is 16.9. The van der Waals surface area contributed by atoms with Crippen molar-refractivity contribution in [3.05, 3.63) is 68.8 Å². The van der Waals surface area contributed by atoms with E-state index in [9.17, 15) is 0 Å². The van der Waals surface area contributed by atoms with E-state index >= 15 is 0 Å². The highest BCUT2D eigenvalue weighted by molar-refractivity contribution is 14.1. The van der Waals surface area contributed by atoms with Gasteiger partial charge in [-0.05, 0) is 58.2 Å². The summed E-state index contributed by atoms with van der Waals surface area (Å²) in [6.45, 7) is 0.792. The average Bonchev–Trinajstić information content (AvgIpc) is 2.48.